The topological polar surface area (TPSA) is 41.1 Å². The van der Waals surface area contributed by atoms with E-state index in [2.05, 4.69) is 10.6 Å². The Hall–Kier alpha value is -2.35. The largest absolute Gasteiger partial charge is 0.393 e. The predicted octanol–water partition coefficient (Wildman–Crippen LogP) is 5.68. The first-order chi connectivity index (χ1) is 11.6. The number of nitrogens with one attached hydrogen (secondary N) is 2. The van der Waals surface area contributed by atoms with Gasteiger partial charge in [-0.3, -0.25) is 0 Å². The van der Waals surface area contributed by atoms with Gasteiger partial charge in [-0.25, -0.2) is 13.6 Å². The molecule has 9 heteroatoms. The maximum atomic E-state index is 13.7. The number of hydrogen-bond acceptors (Lipinski definition) is 1. The summed E-state index contributed by atoms with van der Waals surface area (Å²) in [5.74, 6) is -2.60. The van der Waals surface area contributed by atoms with Gasteiger partial charge < -0.3 is 10.6 Å². The quantitative estimate of drug-likeness (QED) is 0.524. The van der Waals surface area contributed by atoms with Gasteiger partial charge in [0.05, 0.1) is 17.1 Å². The molecule has 2 aromatic carbocycles. The van der Waals surface area contributed by atoms with Crippen LogP contribution in [0.2, 0.25) is 5.02 Å². The summed E-state index contributed by atoms with van der Waals surface area (Å²) >= 11 is 5.56. The maximum Gasteiger partial charge on any atom is 0.393 e. The molecule has 0 spiro atoms. The monoisotopic (exact) mass is 378 g/mol. The number of halogens is 6. The van der Waals surface area contributed by atoms with Crippen LogP contribution in [0.5, 0.6) is 0 Å². The van der Waals surface area contributed by atoms with Crippen LogP contribution in [0.1, 0.15) is 11.1 Å². The van der Waals surface area contributed by atoms with E-state index in [9.17, 15) is 26.7 Å². The van der Waals surface area contributed by atoms with Crippen molar-refractivity contribution in [2.75, 3.05) is 10.6 Å². The third-order valence-electron chi connectivity index (χ3n) is 3.19. The van der Waals surface area contributed by atoms with Gasteiger partial charge in [0, 0.05) is 5.69 Å². The van der Waals surface area contributed by atoms with Crippen molar-refractivity contribution in [2.45, 2.75) is 19.5 Å². The number of alkyl halides is 3. The third-order valence-corrected chi connectivity index (χ3v) is 3.66. The minimum absolute atomic E-state index is 0.0277. The lowest BCUT2D eigenvalue weighted by molar-refractivity contribution is -0.127. The predicted molar refractivity (Wildman–Crippen MR) is 84.9 cm³/mol. The van der Waals surface area contributed by atoms with Gasteiger partial charge in [-0.05, 0) is 36.2 Å². The molecule has 0 atom stereocenters. The van der Waals surface area contributed by atoms with Gasteiger partial charge >= 0.3 is 12.2 Å². The van der Waals surface area contributed by atoms with Crippen LogP contribution in [-0.4, -0.2) is 12.2 Å². The van der Waals surface area contributed by atoms with Crippen molar-refractivity contribution in [2.24, 2.45) is 0 Å². The molecule has 2 aromatic rings. The minimum atomic E-state index is -4.33. The van der Waals surface area contributed by atoms with Crippen molar-refractivity contribution in [1.82, 2.24) is 0 Å². The number of aryl methyl sites for hydroxylation is 1. The van der Waals surface area contributed by atoms with Crippen LogP contribution >= 0.6 is 11.6 Å². The molecule has 0 unspecified atom stereocenters. The number of amides is 2. The second kappa shape index (κ2) is 7.26. The summed E-state index contributed by atoms with van der Waals surface area (Å²) in [5, 5.41) is 4.04. The Kier molecular flexibility index (Phi) is 5.52. The highest BCUT2D eigenvalue weighted by atomic mass is 35.5. The summed E-state index contributed by atoms with van der Waals surface area (Å²) in [6.07, 6.45) is -5.42. The van der Waals surface area contributed by atoms with Crippen LogP contribution in [0.4, 0.5) is 38.1 Å². The van der Waals surface area contributed by atoms with E-state index in [-0.39, 0.29) is 21.8 Å². The Bertz CT molecular complexity index is 791. The van der Waals surface area contributed by atoms with Crippen molar-refractivity contribution in [3.8, 4) is 0 Å². The van der Waals surface area contributed by atoms with Crippen LogP contribution in [0.25, 0.3) is 0 Å². The van der Waals surface area contributed by atoms with E-state index in [0.29, 0.717) is 0 Å². The molecule has 0 aliphatic rings. The highest BCUT2D eigenvalue weighted by Gasteiger charge is 2.27. The number of benzene rings is 2. The first-order valence-corrected chi connectivity index (χ1v) is 7.32. The van der Waals surface area contributed by atoms with E-state index in [1.807, 2.05) is 0 Å². The Morgan fingerprint density at radius 3 is 2.24 bits per heavy atom. The summed E-state index contributed by atoms with van der Waals surface area (Å²) in [7, 11) is 0. The molecule has 0 aliphatic heterocycles. The number of carbonyl (C=O) groups excluding carboxylic acids is 1. The van der Waals surface area contributed by atoms with Gasteiger partial charge in [0.1, 0.15) is 0 Å². The Labute approximate surface area is 144 Å². The normalized spacial score (nSPS) is 11.3. The zero-order chi connectivity index (χ0) is 18.8. The molecule has 2 N–H and O–H groups in total. The average molecular weight is 379 g/mol. The first-order valence-electron chi connectivity index (χ1n) is 6.94. The highest BCUT2D eigenvalue weighted by Crippen LogP contribution is 2.28. The van der Waals surface area contributed by atoms with Crippen LogP contribution in [0, 0.1) is 18.6 Å². The molecule has 25 heavy (non-hydrogen) atoms. The van der Waals surface area contributed by atoms with Gasteiger partial charge in [0.25, 0.3) is 0 Å². The summed E-state index contributed by atoms with van der Waals surface area (Å²) in [4.78, 5) is 11.8. The van der Waals surface area contributed by atoms with Crippen LogP contribution in [-0.2, 0) is 6.42 Å². The Morgan fingerprint density at radius 1 is 1.08 bits per heavy atom. The smallest absolute Gasteiger partial charge is 0.308 e. The summed E-state index contributed by atoms with van der Waals surface area (Å²) in [6.45, 7) is 1.44. The molecule has 0 aliphatic carbocycles. The summed E-state index contributed by atoms with van der Waals surface area (Å²) in [5.41, 5.74) is 0.0350. The fourth-order valence-electron chi connectivity index (χ4n) is 2.04. The number of anilines is 2. The maximum absolute atomic E-state index is 13.7. The second-order valence-electron chi connectivity index (χ2n) is 5.25. The molecule has 0 fully saturated rings. The van der Waals surface area contributed by atoms with Crippen molar-refractivity contribution in [1.29, 1.82) is 0 Å². The molecule has 0 aromatic heterocycles. The molecule has 0 saturated heterocycles. The average Bonchev–Trinajstić information content (AvgIpc) is 2.51. The SMILES string of the molecule is Cc1cc(NC(=O)Nc2ccc(CC(F)(F)F)cc2)c(F)c(F)c1Cl. The molecule has 0 bridgehead atoms. The van der Waals surface area contributed by atoms with E-state index >= 15 is 0 Å². The zero-order valence-electron chi connectivity index (χ0n) is 12.8. The lowest BCUT2D eigenvalue weighted by Gasteiger charge is -2.11. The number of urea groups is 1. The number of rotatable bonds is 3. The van der Waals surface area contributed by atoms with E-state index in [1.165, 1.54) is 31.2 Å². The third kappa shape index (κ3) is 5.06. The highest BCUT2D eigenvalue weighted by molar-refractivity contribution is 6.31. The Balaban J connectivity index is 2.06. The molecular weight excluding hydrogens is 367 g/mol. The number of hydrogen-bond donors (Lipinski definition) is 2. The van der Waals surface area contributed by atoms with Gasteiger partial charge in [-0.2, -0.15) is 13.2 Å². The van der Waals surface area contributed by atoms with Crippen LogP contribution in [0.15, 0.2) is 30.3 Å². The molecule has 0 heterocycles. The van der Waals surface area contributed by atoms with Crippen molar-refractivity contribution < 1.29 is 26.7 Å². The van der Waals surface area contributed by atoms with Crippen LogP contribution in [0.3, 0.4) is 0 Å². The van der Waals surface area contributed by atoms with Gasteiger partial charge in [0.2, 0.25) is 0 Å². The summed E-state index contributed by atoms with van der Waals surface area (Å²) < 4.78 is 64.1. The van der Waals surface area contributed by atoms with Crippen molar-refractivity contribution in [3.05, 3.63) is 58.1 Å². The molecular formula is C16H12ClF5N2O. The molecule has 2 rings (SSSR count). The fourth-order valence-corrected chi connectivity index (χ4v) is 2.18. The molecule has 134 valence electrons. The van der Waals surface area contributed by atoms with E-state index in [0.717, 1.165) is 6.07 Å². The van der Waals surface area contributed by atoms with Gasteiger partial charge in [-0.1, -0.05) is 23.7 Å². The fraction of sp³-hybridized carbons (Fsp3) is 0.188. The zero-order valence-corrected chi connectivity index (χ0v) is 13.5. The molecule has 0 saturated carbocycles. The second-order valence-corrected chi connectivity index (χ2v) is 5.63. The van der Waals surface area contributed by atoms with Crippen LogP contribution < -0.4 is 10.6 Å². The first kappa shape index (κ1) is 19.0. The van der Waals surface area contributed by atoms with E-state index < -0.39 is 36.0 Å². The van der Waals surface area contributed by atoms with Crippen molar-refractivity contribution >= 4 is 29.0 Å². The lowest BCUT2D eigenvalue weighted by Crippen LogP contribution is -2.20. The molecule has 3 nitrogen and oxygen atoms in total. The van der Waals surface area contributed by atoms with Gasteiger partial charge in [0.15, 0.2) is 11.6 Å². The van der Waals surface area contributed by atoms with Crippen molar-refractivity contribution in [3.63, 3.8) is 0 Å². The van der Waals surface area contributed by atoms with E-state index in [4.69, 9.17) is 11.6 Å². The van der Waals surface area contributed by atoms with Gasteiger partial charge in [-0.15, -0.1) is 0 Å². The lowest BCUT2D eigenvalue weighted by atomic mass is 10.1. The Morgan fingerprint density at radius 2 is 1.68 bits per heavy atom. The summed E-state index contributed by atoms with van der Waals surface area (Å²) in [6, 6.07) is 5.22. The molecule has 0 radical (unpaired) electrons. The number of carbonyl (C=O) groups is 1. The van der Waals surface area contributed by atoms with E-state index in [1.54, 1.807) is 0 Å². The molecule has 2 amide bonds. The minimum Gasteiger partial charge on any atom is -0.308 e. The standard InChI is InChI=1S/C16H12ClF5N2O/c1-8-6-11(13(18)14(19)12(8)17)24-15(25)23-10-4-2-9(3-5-10)7-16(20,21)22/h2-6H,7H2,1H3,(H2,23,24,25).